The molecule has 0 bridgehead atoms. The van der Waals surface area contributed by atoms with E-state index in [0.717, 1.165) is 0 Å². The molecular formula is C16H10ClN5O. The zero-order chi connectivity index (χ0) is 16.2. The van der Waals surface area contributed by atoms with Crippen LogP contribution in [0, 0.1) is 11.3 Å². The molecule has 6 nitrogen and oxygen atoms in total. The van der Waals surface area contributed by atoms with E-state index in [-0.39, 0.29) is 11.6 Å². The predicted octanol–water partition coefficient (Wildman–Crippen LogP) is 2.81. The fourth-order valence-electron chi connectivity index (χ4n) is 2.14. The van der Waals surface area contributed by atoms with E-state index in [1.807, 2.05) is 24.3 Å². The van der Waals surface area contributed by atoms with Crippen molar-refractivity contribution in [1.82, 2.24) is 20.2 Å². The molecule has 2 aromatic carbocycles. The van der Waals surface area contributed by atoms with Gasteiger partial charge in [-0.3, -0.25) is 4.79 Å². The lowest BCUT2D eigenvalue weighted by molar-refractivity contribution is 0.0975. The van der Waals surface area contributed by atoms with Crippen LogP contribution in [0.5, 0.6) is 0 Å². The summed E-state index contributed by atoms with van der Waals surface area (Å²) >= 11 is 5.82. The first kappa shape index (κ1) is 14.9. The Bertz CT molecular complexity index is 867. The van der Waals surface area contributed by atoms with Gasteiger partial charge in [-0.2, -0.15) is 9.94 Å². The van der Waals surface area contributed by atoms with Gasteiger partial charge in [0.15, 0.2) is 17.5 Å². The highest BCUT2D eigenvalue weighted by atomic mass is 35.5. The minimum absolute atomic E-state index is 0.179. The molecule has 7 heteroatoms. The molecule has 1 heterocycles. The molecule has 0 spiro atoms. The molecule has 0 aliphatic heterocycles. The fourth-order valence-corrected chi connectivity index (χ4v) is 2.27. The highest BCUT2D eigenvalue weighted by molar-refractivity contribution is 6.30. The summed E-state index contributed by atoms with van der Waals surface area (Å²) < 4.78 is 1.39. The number of benzene rings is 2. The summed E-state index contributed by atoms with van der Waals surface area (Å²) in [5, 5.41) is 21.3. The third-order valence-electron chi connectivity index (χ3n) is 3.27. The van der Waals surface area contributed by atoms with Crippen LogP contribution in [0.25, 0.3) is 5.69 Å². The Balaban J connectivity index is 2.00. The number of hydrogen-bond acceptors (Lipinski definition) is 5. The molecule has 0 aliphatic carbocycles. The maximum atomic E-state index is 12.6. The van der Waals surface area contributed by atoms with Crippen molar-refractivity contribution in [3.8, 4) is 11.8 Å². The Morgan fingerprint density at radius 2 is 1.83 bits per heavy atom. The van der Waals surface area contributed by atoms with Gasteiger partial charge >= 0.3 is 0 Å². The van der Waals surface area contributed by atoms with Crippen molar-refractivity contribution in [2.45, 2.75) is 5.92 Å². The van der Waals surface area contributed by atoms with Crippen molar-refractivity contribution in [2.24, 2.45) is 0 Å². The minimum Gasteiger partial charge on any atom is -0.292 e. The lowest BCUT2D eigenvalue weighted by Gasteiger charge is -2.09. The number of Topliss-reactive ketones (excluding diaryl/α,β-unsaturated/α-hetero) is 1. The Hall–Kier alpha value is -3.04. The zero-order valence-corrected chi connectivity index (χ0v) is 12.6. The molecule has 3 aromatic rings. The van der Waals surface area contributed by atoms with Crippen molar-refractivity contribution in [1.29, 1.82) is 5.26 Å². The highest BCUT2D eigenvalue weighted by Gasteiger charge is 2.28. The summed E-state index contributed by atoms with van der Waals surface area (Å²) in [6, 6.07) is 17.4. The highest BCUT2D eigenvalue weighted by Crippen LogP contribution is 2.21. The number of ketones is 1. The van der Waals surface area contributed by atoms with Crippen LogP contribution in [0.2, 0.25) is 5.02 Å². The Labute approximate surface area is 136 Å². The van der Waals surface area contributed by atoms with E-state index < -0.39 is 5.92 Å². The van der Waals surface area contributed by atoms with Crippen LogP contribution in [0.1, 0.15) is 22.1 Å². The van der Waals surface area contributed by atoms with E-state index in [4.69, 9.17) is 11.6 Å². The van der Waals surface area contributed by atoms with Crippen LogP contribution >= 0.6 is 11.6 Å². The second-order valence-electron chi connectivity index (χ2n) is 4.72. The molecule has 1 aromatic heterocycles. The molecule has 0 aliphatic rings. The maximum absolute atomic E-state index is 12.6. The van der Waals surface area contributed by atoms with E-state index >= 15 is 0 Å². The predicted molar refractivity (Wildman–Crippen MR) is 83.3 cm³/mol. The Morgan fingerprint density at radius 3 is 2.48 bits per heavy atom. The lowest BCUT2D eigenvalue weighted by Crippen LogP contribution is -2.16. The van der Waals surface area contributed by atoms with Crippen molar-refractivity contribution in [3.05, 3.63) is 71.0 Å². The number of rotatable bonds is 4. The summed E-state index contributed by atoms with van der Waals surface area (Å²) in [5.41, 5.74) is 1.06. The molecule has 0 N–H and O–H groups in total. The monoisotopic (exact) mass is 323 g/mol. The van der Waals surface area contributed by atoms with Crippen LogP contribution in [0.4, 0.5) is 0 Å². The lowest BCUT2D eigenvalue weighted by atomic mass is 9.98. The second kappa shape index (κ2) is 6.38. The van der Waals surface area contributed by atoms with E-state index in [9.17, 15) is 10.1 Å². The van der Waals surface area contributed by atoms with Gasteiger partial charge in [0.2, 0.25) is 0 Å². The SMILES string of the molecule is N#C[C@H](C(=O)c1ccc(Cl)cc1)c1nnnn1-c1ccccc1. The molecule has 1 atom stereocenters. The normalized spacial score (nSPS) is 11.7. The van der Waals surface area contributed by atoms with Gasteiger partial charge in [-0.05, 0) is 46.8 Å². The van der Waals surface area contributed by atoms with Crippen LogP contribution in [0.15, 0.2) is 54.6 Å². The molecule has 23 heavy (non-hydrogen) atoms. The number of carbonyl (C=O) groups excluding carboxylic acids is 1. The van der Waals surface area contributed by atoms with Crippen LogP contribution in [0.3, 0.4) is 0 Å². The van der Waals surface area contributed by atoms with Gasteiger partial charge in [-0.15, -0.1) is 5.10 Å². The second-order valence-corrected chi connectivity index (χ2v) is 5.15. The third kappa shape index (κ3) is 2.96. The van der Waals surface area contributed by atoms with Gasteiger partial charge in [0.05, 0.1) is 11.8 Å². The smallest absolute Gasteiger partial charge is 0.187 e. The molecule has 112 valence electrons. The maximum Gasteiger partial charge on any atom is 0.187 e. The van der Waals surface area contributed by atoms with E-state index in [1.54, 1.807) is 36.4 Å². The molecule has 3 rings (SSSR count). The number of carbonyl (C=O) groups is 1. The summed E-state index contributed by atoms with van der Waals surface area (Å²) in [5.74, 6) is -1.30. The number of halogens is 1. The third-order valence-corrected chi connectivity index (χ3v) is 3.52. The number of nitriles is 1. The van der Waals surface area contributed by atoms with E-state index in [0.29, 0.717) is 16.3 Å². The number of tetrazole rings is 1. The van der Waals surface area contributed by atoms with E-state index in [1.165, 1.54) is 4.68 Å². The number of nitrogens with zero attached hydrogens (tertiary/aromatic N) is 5. The van der Waals surface area contributed by atoms with Gasteiger partial charge in [0, 0.05) is 10.6 Å². The number of hydrogen-bond donors (Lipinski definition) is 0. The molecule has 0 fully saturated rings. The van der Waals surface area contributed by atoms with Gasteiger partial charge in [0.1, 0.15) is 0 Å². The summed E-state index contributed by atoms with van der Waals surface area (Å²) in [6.45, 7) is 0. The number of aromatic nitrogens is 4. The van der Waals surface area contributed by atoms with Crippen molar-refractivity contribution >= 4 is 17.4 Å². The summed E-state index contributed by atoms with van der Waals surface area (Å²) in [6.07, 6.45) is 0. The van der Waals surface area contributed by atoms with Gasteiger partial charge < -0.3 is 0 Å². The first-order valence-electron chi connectivity index (χ1n) is 6.74. The summed E-state index contributed by atoms with van der Waals surface area (Å²) in [7, 11) is 0. The van der Waals surface area contributed by atoms with Crippen LogP contribution in [-0.2, 0) is 0 Å². The largest absolute Gasteiger partial charge is 0.292 e. The molecule has 0 saturated heterocycles. The van der Waals surface area contributed by atoms with Gasteiger partial charge in [-0.25, -0.2) is 0 Å². The minimum atomic E-state index is -1.11. The van der Waals surface area contributed by atoms with Crippen molar-refractivity contribution in [2.75, 3.05) is 0 Å². The number of para-hydroxylation sites is 1. The van der Waals surface area contributed by atoms with E-state index in [2.05, 4.69) is 15.5 Å². The first-order chi connectivity index (χ1) is 11.2. The van der Waals surface area contributed by atoms with Gasteiger partial charge in [0.25, 0.3) is 0 Å². The molecular weight excluding hydrogens is 314 g/mol. The van der Waals surface area contributed by atoms with Gasteiger partial charge in [-0.1, -0.05) is 29.8 Å². The Morgan fingerprint density at radius 1 is 1.13 bits per heavy atom. The topological polar surface area (TPSA) is 84.5 Å². The van der Waals surface area contributed by atoms with Crippen LogP contribution in [-0.4, -0.2) is 26.0 Å². The zero-order valence-electron chi connectivity index (χ0n) is 11.8. The average molecular weight is 324 g/mol. The molecule has 0 saturated carbocycles. The first-order valence-corrected chi connectivity index (χ1v) is 7.11. The standard InChI is InChI=1S/C16H10ClN5O/c17-12-8-6-11(7-9-12)15(23)14(10-18)16-19-20-21-22(16)13-4-2-1-3-5-13/h1-9,14H/t14-/m1/s1. The Kier molecular flexibility index (Phi) is 4.13. The quantitative estimate of drug-likeness (QED) is 0.689. The molecule has 0 radical (unpaired) electrons. The molecule has 0 amide bonds. The van der Waals surface area contributed by atoms with Crippen LogP contribution < -0.4 is 0 Å². The average Bonchev–Trinajstić information content (AvgIpc) is 3.06. The summed E-state index contributed by atoms with van der Waals surface area (Å²) in [4.78, 5) is 12.6. The van der Waals surface area contributed by atoms with Crippen molar-refractivity contribution in [3.63, 3.8) is 0 Å². The van der Waals surface area contributed by atoms with Crippen molar-refractivity contribution < 1.29 is 4.79 Å². The molecule has 0 unspecified atom stereocenters. The fraction of sp³-hybridized carbons (Fsp3) is 0.0625.